The predicted molar refractivity (Wildman–Crippen MR) is 103 cm³/mol. The molecule has 0 heterocycles. The van der Waals surface area contributed by atoms with E-state index in [1.54, 1.807) is 6.07 Å². The lowest BCUT2D eigenvalue weighted by Crippen LogP contribution is -2.22. The SMILES string of the molecule is CC(C)(C)c1ccc(OCC(=O)Nc2ccc(Cl)cc2C(F)(F)F)c(Br)c1. The molecule has 3 nitrogen and oxygen atoms in total. The van der Waals surface area contributed by atoms with Crippen LogP contribution in [-0.4, -0.2) is 12.5 Å². The van der Waals surface area contributed by atoms with Gasteiger partial charge in [-0.3, -0.25) is 4.79 Å². The third kappa shape index (κ3) is 5.87. The van der Waals surface area contributed by atoms with Crippen LogP contribution in [0, 0.1) is 0 Å². The number of nitrogens with one attached hydrogen (secondary N) is 1. The number of amides is 1. The summed E-state index contributed by atoms with van der Waals surface area (Å²) in [7, 11) is 0. The molecule has 2 aromatic carbocycles. The number of carbonyl (C=O) groups is 1. The summed E-state index contributed by atoms with van der Waals surface area (Å²) in [4.78, 5) is 12.0. The molecule has 27 heavy (non-hydrogen) atoms. The summed E-state index contributed by atoms with van der Waals surface area (Å²) in [6.45, 7) is 5.75. The van der Waals surface area contributed by atoms with Gasteiger partial charge in [-0.1, -0.05) is 38.4 Å². The van der Waals surface area contributed by atoms with Gasteiger partial charge < -0.3 is 10.1 Å². The van der Waals surface area contributed by atoms with E-state index in [0.29, 0.717) is 10.2 Å². The highest BCUT2D eigenvalue weighted by Gasteiger charge is 2.34. The monoisotopic (exact) mass is 463 g/mol. The maximum absolute atomic E-state index is 13.1. The Morgan fingerprint density at radius 3 is 2.37 bits per heavy atom. The fourth-order valence-corrected chi connectivity index (χ4v) is 2.94. The Morgan fingerprint density at radius 1 is 1.15 bits per heavy atom. The van der Waals surface area contributed by atoms with Crippen LogP contribution in [0.3, 0.4) is 0 Å². The van der Waals surface area contributed by atoms with Gasteiger partial charge in [0.05, 0.1) is 15.7 Å². The van der Waals surface area contributed by atoms with Crippen molar-refractivity contribution in [3.8, 4) is 5.75 Å². The van der Waals surface area contributed by atoms with Crippen LogP contribution >= 0.6 is 27.5 Å². The first-order valence-corrected chi connectivity index (χ1v) is 9.14. The highest BCUT2D eigenvalue weighted by molar-refractivity contribution is 9.10. The van der Waals surface area contributed by atoms with Crippen LogP contribution in [0.25, 0.3) is 0 Å². The molecule has 0 aromatic heterocycles. The molecule has 0 fully saturated rings. The molecule has 146 valence electrons. The zero-order chi connectivity index (χ0) is 20.4. The Labute approximate surface area is 169 Å². The molecular formula is C19H18BrClF3NO2. The van der Waals surface area contributed by atoms with Crippen LogP contribution in [-0.2, 0) is 16.4 Å². The number of alkyl halides is 3. The minimum atomic E-state index is -4.64. The summed E-state index contributed by atoms with van der Waals surface area (Å²) in [5.41, 5.74) is -0.370. The molecule has 2 aromatic rings. The average Bonchev–Trinajstić information content (AvgIpc) is 2.53. The van der Waals surface area contributed by atoms with Crippen molar-refractivity contribution in [1.82, 2.24) is 0 Å². The molecule has 8 heteroatoms. The van der Waals surface area contributed by atoms with E-state index in [4.69, 9.17) is 16.3 Å². The average molecular weight is 465 g/mol. The van der Waals surface area contributed by atoms with E-state index in [1.807, 2.05) is 12.1 Å². The van der Waals surface area contributed by atoms with E-state index in [0.717, 1.165) is 17.7 Å². The van der Waals surface area contributed by atoms with Crippen LogP contribution in [0.5, 0.6) is 5.75 Å². The van der Waals surface area contributed by atoms with Crippen LogP contribution in [0.1, 0.15) is 31.9 Å². The number of ether oxygens (including phenoxy) is 1. The summed E-state index contributed by atoms with van der Waals surface area (Å²) in [5.74, 6) is -0.292. The summed E-state index contributed by atoms with van der Waals surface area (Å²) in [6, 6.07) is 8.61. The van der Waals surface area contributed by atoms with Gasteiger partial charge in [-0.2, -0.15) is 13.2 Å². The second-order valence-corrected chi connectivity index (χ2v) is 8.21. The Bertz CT molecular complexity index is 848. The number of benzene rings is 2. The van der Waals surface area contributed by atoms with Crippen molar-refractivity contribution in [3.63, 3.8) is 0 Å². The van der Waals surface area contributed by atoms with Gasteiger partial charge in [0.1, 0.15) is 5.75 Å². The summed E-state index contributed by atoms with van der Waals surface area (Å²) < 4.78 is 45.3. The van der Waals surface area contributed by atoms with Gasteiger partial charge >= 0.3 is 6.18 Å². The molecule has 0 aliphatic carbocycles. The molecule has 0 unspecified atom stereocenters. The van der Waals surface area contributed by atoms with Gasteiger partial charge in [0.25, 0.3) is 5.91 Å². The molecule has 0 bridgehead atoms. The second kappa shape index (κ2) is 8.10. The minimum Gasteiger partial charge on any atom is -0.483 e. The zero-order valence-corrected chi connectivity index (χ0v) is 17.2. The van der Waals surface area contributed by atoms with Crippen LogP contribution in [0.15, 0.2) is 40.9 Å². The quantitative estimate of drug-likeness (QED) is 0.566. The lowest BCUT2D eigenvalue weighted by molar-refractivity contribution is -0.137. The molecule has 0 saturated carbocycles. The van der Waals surface area contributed by atoms with Crippen LogP contribution in [0.2, 0.25) is 5.02 Å². The minimum absolute atomic E-state index is 0.0546. The zero-order valence-electron chi connectivity index (χ0n) is 14.9. The normalized spacial score (nSPS) is 12.0. The maximum Gasteiger partial charge on any atom is 0.418 e. The molecular weight excluding hydrogens is 447 g/mol. The van der Waals surface area contributed by atoms with Crippen molar-refractivity contribution >= 4 is 39.1 Å². The van der Waals surface area contributed by atoms with E-state index < -0.39 is 24.3 Å². The third-order valence-corrected chi connectivity index (χ3v) is 4.57. The predicted octanol–water partition coefficient (Wildman–Crippen LogP) is 6.44. The Kier molecular flexibility index (Phi) is 6.47. The highest BCUT2D eigenvalue weighted by atomic mass is 79.9. The van der Waals surface area contributed by atoms with Crippen LogP contribution < -0.4 is 10.1 Å². The number of halogens is 5. The first-order valence-electron chi connectivity index (χ1n) is 7.97. The Hall–Kier alpha value is -1.73. The van der Waals surface area contributed by atoms with Crippen molar-refractivity contribution in [2.45, 2.75) is 32.4 Å². The first-order chi connectivity index (χ1) is 12.4. The first kappa shape index (κ1) is 21.6. The summed E-state index contributed by atoms with van der Waals surface area (Å²) in [6.07, 6.45) is -4.64. The summed E-state index contributed by atoms with van der Waals surface area (Å²) >= 11 is 9.00. The largest absolute Gasteiger partial charge is 0.483 e. The van der Waals surface area contributed by atoms with E-state index in [-0.39, 0.29) is 16.1 Å². The fourth-order valence-electron chi connectivity index (χ4n) is 2.27. The smallest absolute Gasteiger partial charge is 0.418 e. The van der Waals surface area contributed by atoms with Gasteiger partial charge in [-0.25, -0.2) is 0 Å². The van der Waals surface area contributed by atoms with Gasteiger partial charge in [0.15, 0.2) is 6.61 Å². The number of hydrogen-bond donors (Lipinski definition) is 1. The molecule has 0 radical (unpaired) electrons. The Balaban J connectivity index is 2.08. The number of hydrogen-bond acceptors (Lipinski definition) is 2. The molecule has 0 aliphatic heterocycles. The van der Waals surface area contributed by atoms with Crippen molar-refractivity contribution in [3.05, 3.63) is 57.0 Å². The third-order valence-electron chi connectivity index (χ3n) is 3.72. The van der Waals surface area contributed by atoms with Gasteiger partial charge in [-0.15, -0.1) is 0 Å². The van der Waals surface area contributed by atoms with Crippen molar-refractivity contribution < 1.29 is 22.7 Å². The van der Waals surface area contributed by atoms with Gasteiger partial charge in [0.2, 0.25) is 0 Å². The molecule has 2 rings (SSSR count). The topological polar surface area (TPSA) is 38.3 Å². The fraction of sp³-hybridized carbons (Fsp3) is 0.316. The number of rotatable bonds is 4. The van der Waals surface area contributed by atoms with Crippen molar-refractivity contribution in [2.75, 3.05) is 11.9 Å². The lowest BCUT2D eigenvalue weighted by Gasteiger charge is -2.20. The second-order valence-electron chi connectivity index (χ2n) is 6.92. The summed E-state index contributed by atoms with van der Waals surface area (Å²) in [5, 5.41) is 2.14. The van der Waals surface area contributed by atoms with E-state index in [1.165, 1.54) is 6.07 Å². The standard InChI is InChI=1S/C19H18BrClF3NO2/c1-18(2,3)11-4-7-16(14(20)8-11)27-10-17(26)25-15-6-5-12(21)9-13(15)19(22,23)24/h4-9H,10H2,1-3H3,(H,25,26). The van der Waals surface area contributed by atoms with Crippen LogP contribution in [0.4, 0.5) is 18.9 Å². The molecule has 0 saturated heterocycles. The van der Waals surface area contributed by atoms with E-state index in [9.17, 15) is 18.0 Å². The number of carbonyl (C=O) groups excluding carboxylic acids is 1. The highest BCUT2D eigenvalue weighted by Crippen LogP contribution is 2.36. The number of anilines is 1. The van der Waals surface area contributed by atoms with Crippen molar-refractivity contribution in [1.29, 1.82) is 0 Å². The molecule has 1 N–H and O–H groups in total. The van der Waals surface area contributed by atoms with Gasteiger partial charge in [0, 0.05) is 5.02 Å². The molecule has 0 aliphatic rings. The lowest BCUT2D eigenvalue weighted by atomic mass is 9.87. The van der Waals surface area contributed by atoms with Crippen molar-refractivity contribution in [2.24, 2.45) is 0 Å². The molecule has 0 spiro atoms. The molecule has 0 atom stereocenters. The molecule has 1 amide bonds. The van der Waals surface area contributed by atoms with Gasteiger partial charge in [-0.05, 0) is 57.2 Å². The van der Waals surface area contributed by atoms with E-state index >= 15 is 0 Å². The Morgan fingerprint density at radius 2 is 1.81 bits per heavy atom. The van der Waals surface area contributed by atoms with E-state index in [2.05, 4.69) is 42.0 Å². The maximum atomic E-state index is 13.1.